The SMILES string of the molecule is C=C(C=CCCCC)CCCC. The third kappa shape index (κ3) is 7.59. The van der Waals surface area contributed by atoms with Gasteiger partial charge in [-0.2, -0.15) is 0 Å². The molecule has 0 aromatic carbocycles. The Labute approximate surface area is 77.4 Å². The second-order valence-electron chi connectivity index (χ2n) is 3.31. The fourth-order valence-corrected chi connectivity index (χ4v) is 1.06. The minimum absolute atomic E-state index is 1.17. The van der Waals surface area contributed by atoms with Crippen LogP contribution in [0, 0.1) is 0 Å². The van der Waals surface area contributed by atoms with Crippen molar-refractivity contribution in [2.75, 3.05) is 0 Å². The summed E-state index contributed by atoms with van der Waals surface area (Å²) in [5, 5.41) is 0. The summed E-state index contributed by atoms with van der Waals surface area (Å²) in [6, 6.07) is 0. The topological polar surface area (TPSA) is 0 Å². The van der Waals surface area contributed by atoms with Gasteiger partial charge in [-0.1, -0.05) is 57.4 Å². The lowest BCUT2D eigenvalue weighted by molar-refractivity contribution is 0.794. The minimum atomic E-state index is 1.17. The molecule has 0 heterocycles. The molecule has 70 valence electrons. The molecule has 0 radical (unpaired) electrons. The Hall–Kier alpha value is -0.520. The van der Waals surface area contributed by atoms with Crippen molar-refractivity contribution < 1.29 is 0 Å². The van der Waals surface area contributed by atoms with Crippen LogP contribution < -0.4 is 0 Å². The predicted molar refractivity (Wildman–Crippen MR) is 57.3 cm³/mol. The molecule has 0 aliphatic carbocycles. The van der Waals surface area contributed by atoms with Gasteiger partial charge in [-0.3, -0.25) is 0 Å². The van der Waals surface area contributed by atoms with Gasteiger partial charge in [0.1, 0.15) is 0 Å². The lowest BCUT2D eigenvalue weighted by Gasteiger charge is -1.96. The van der Waals surface area contributed by atoms with E-state index in [1.807, 2.05) is 0 Å². The molecule has 0 amide bonds. The van der Waals surface area contributed by atoms with E-state index >= 15 is 0 Å². The molecular weight excluding hydrogens is 144 g/mol. The van der Waals surface area contributed by atoms with E-state index in [4.69, 9.17) is 0 Å². The third-order valence-electron chi connectivity index (χ3n) is 1.93. The molecule has 0 atom stereocenters. The van der Waals surface area contributed by atoms with E-state index in [1.165, 1.54) is 44.1 Å². The van der Waals surface area contributed by atoms with Gasteiger partial charge in [-0.15, -0.1) is 0 Å². The number of hydrogen-bond donors (Lipinski definition) is 0. The van der Waals surface area contributed by atoms with Crippen molar-refractivity contribution in [2.45, 2.75) is 52.4 Å². The Kier molecular flexibility index (Phi) is 8.20. The van der Waals surface area contributed by atoms with E-state index in [9.17, 15) is 0 Å². The molecule has 0 fully saturated rings. The van der Waals surface area contributed by atoms with Crippen molar-refractivity contribution in [2.24, 2.45) is 0 Å². The van der Waals surface area contributed by atoms with Crippen LogP contribution in [0.3, 0.4) is 0 Å². The Morgan fingerprint density at radius 1 is 1.17 bits per heavy atom. The van der Waals surface area contributed by atoms with Gasteiger partial charge in [0.2, 0.25) is 0 Å². The van der Waals surface area contributed by atoms with E-state index in [-0.39, 0.29) is 0 Å². The summed E-state index contributed by atoms with van der Waals surface area (Å²) in [7, 11) is 0. The van der Waals surface area contributed by atoms with Crippen molar-refractivity contribution in [3.8, 4) is 0 Å². The van der Waals surface area contributed by atoms with Crippen molar-refractivity contribution in [3.05, 3.63) is 24.3 Å². The highest BCUT2D eigenvalue weighted by molar-refractivity contribution is 5.13. The standard InChI is InChI=1S/C12H22/c1-4-6-8-9-11-12(3)10-7-5-2/h9,11H,3-8,10H2,1-2H3. The highest BCUT2D eigenvalue weighted by atomic mass is 13.9. The Morgan fingerprint density at radius 2 is 1.83 bits per heavy atom. The fraction of sp³-hybridized carbons (Fsp3) is 0.667. The monoisotopic (exact) mass is 166 g/mol. The number of hydrogen-bond acceptors (Lipinski definition) is 0. The zero-order chi connectivity index (χ0) is 9.23. The molecule has 0 unspecified atom stereocenters. The Morgan fingerprint density at radius 3 is 2.42 bits per heavy atom. The van der Waals surface area contributed by atoms with Crippen molar-refractivity contribution in [3.63, 3.8) is 0 Å². The smallest absolute Gasteiger partial charge is 0.0285 e. The van der Waals surface area contributed by atoms with Crippen LogP contribution >= 0.6 is 0 Å². The van der Waals surface area contributed by atoms with Gasteiger partial charge in [-0.25, -0.2) is 0 Å². The van der Waals surface area contributed by atoms with Gasteiger partial charge in [-0.05, 0) is 19.3 Å². The van der Waals surface area contributed by atoms with Crippen LogP contribution in [0.4, 0.5) is 0 Å². The molecule has 0 aliphatic heterocycles. The van der Waals surface area contributed by atoms with Gasteiger partial charge < -0.3 is 0 Å². The highest BCUT2D eigenvalue weighted by Gasteiger charge is 1.87. The largest absolute Gasteiger partial charge is 0.0958 e. The lowest BCUT2D eigenvalue weighted by Crippen LogP contribution is -1.76. The van der Waals surface area contributed by atoms with Gasteiger partial charge >= 0.3 is 0 Å². The summed E-state index contributed by atoms with van der Waals surface area (Å²) in [5.74, 6) is 0. The summed E-state index contributed by atoms with van der Waals surface area (Å²) in [5.41, 5.74) is 1.29. The zero-order valence-corrected chi connectivity index (χ0v) is 8.60. The summed E-state index contributed by atoms with van der Waals surface area (Å²) in [6.07, 6.45) is 11.9. The first-order chi connectivity index (χ1) is 5.81. The second-order valence-corrected chi connectivity index (χ2v) is 3.31. The maximum atomic E-state index is 4.00. The maximum Gasteiger partial charge on any atom is -0.0285 e. The molecule has 0 bridgehead atoms. The van der Waals surface area contributed by atoms with Gasteiger partial charge in [0, 0.05) is 0 Å². The van der Waals surface area contributed by atoms with Crippen molar-refractivity contribution in [1.29, 1.82) is 0 Å². The molecule has 0 spiro atoms. The third-order valence-corrected chi connectivity index (χ3v) is 1.93. The molecule has 0 aromatic heterocycles. The second kappa shape index (κ2) is 8.58. The Bertz CT molecular complexity index is 131. The highest BCUT2D eigenvalue weighted by Crippen LogP contribution is 2.07. The zero-order valence-electron chi connectivity index (χ0n) is 8.60. The molecule has 0 N–H and O–H groups in total. The summed E-state index contributed by atoms with van der Waals surface area (Å²) in [6.45, 7) is 8.44. The summed E-state index contributed by atoms with van der Waals surface area (Å²) in [4.78, 5) is 0. The predicted octanol–water partition coefficient (Wildman–Crippen LogP) is 4.48. The normalized spacial score (nSPS) is 10.8. The quantitative estimate of drug-likeness (QED) is 0.386. The van der Waals surface area contributed by atoms with Crippen LogP contribution in [0.15, 0.2) is 24.3 Å². The number of allylic oxidation sites excluding steroid dienone is 3. The van der Waals surface area contributed by atoms with Gasteiger partial charge in [0.05, 0.1) is 0 Å². The fourth-order valence-electron chi connectivity index (χ4n) is 1.06. The van der Waals surface area contributed by atoms with E-state index in [2.05, 4.69) is 32.6 Å². The van der Waals surface area contributed by atoms with E-state index < -0.39 is 0 Å². The first-order valence-corrected chi connectivity index (χ1v) is 5.15. The summed E-state index contributed by atoms with van der Waals surface area (Å²) < 4.78 is 0. The van der Waals surface area contributed by atoms with Crippen molar-refractivity contribution >= 4 is 0 Å². The molecular formula is C12H22. The molecule has 0 nitrogen and oxygen atoms in total. The van der Waals surface area contributed by atoms with Crippen LogP contribution in [-0.4, -0.2) is 0 Å². The lowest BCUT2D eigenvalue weighted by atomic mass is 10.1. The van der Waals surface area contributed by atoms with E-state index in [1.54, 1.807) is 0 Å². The number of unbranched alkanes of at least 4 members (excludes halogenated alkanes) is 3. The average molecular weight is 166 g/mol. The molecule has 0 saturated heterocycles. The van der Waals surface area contributed by atoms with Gasteiger partial charge in [0.15, 0.2) is 0 Å². The first-order valence-electron chi connectivity index (χ1n) is 5.15. The molecule has 0 heteroatoms. The van der Waals surface area contributed by atoms with Crippen LogP contribution in [0.1, 0.15) is 52.4 Å². The average Bonchev–Trinajstić information content (AvgIpc) is 2.09. The molecule has 0 aromatic rings. The number of rotatable bonds is 7. The Balaban J connectivity index is 3.34. The van der Waals surface area contributed by atoms with E-state index in [0.29, 0.717) is 0 Å². The first kappa shape index (κ1) is 11.5. The van der Waals surface area contributed by atoms with Crippen LogP contribution in [-0.2, 0) is 0 Å². The van der Waals surface area contributed by atoms with Crippen LogP contribution in [0.5, 0.6) is 0 Å². The van der Waals surface area contributed by atoms with Crippen LogP contribution in [0.25, 0.3) is 0 Å². The molecule has 0 rings (SSSR count). The van der Waals surface area contributed by atoms with E-state index in [0.717, 1.165) is 0 Å². The molecule has 12 heavy (non-hydrogen) atoms. The maximum absolute atomic E-state index is 4.00. The van der Waals surface area contributed by atoms with Gasteiger partial charge in [0.25, 0.3) is 0 Å². The molecule has 0 aliphatic rings. The van der Waals surface area contributed by atoms with Crippen LogP contribution in [0.2, 0.25) is 0 Å². The minimum Gasteiger partial charge on any atom is -0.0958 e. The summed E-state index contributed by atoms with van der Waals surface area (Å²) >= 11 is 0. The molecule has 0 saturated carbocycles. The van der Waals surface area contributed by atoms with Crippen molar-refractivity contribution in [1.82, 2.24) is 0 Å².